The summed E-state index contributed by atoms with van der Waals surface area (Å²) in [5.74, 6) is 2.51. The molecule has 0 aliphatic rings. The lowest BCUT2D eigenvalue weighted by Crippen LogP contribution is -2.06. The molecule has 3 rings (SSSR count). The number of halogens is 1. The minimum atomic E-state index is -0.286. The summed E-state index contributed by atoms with van der Waals surface area (Å²) in [6.07, 6.45) is 5.03. The van der Waals surface area contributed by atoms with Crippen molar-refractivity contribution in [3.63, 3.8) is 0 Å². The fourth-order valence-corrected chi connectivity index (χ4v) is 3.22. The van der Waals surface area contributed by atoms with Gasteiger partial charge in [-0.15, -0.1) is 17.8 Å². The van der Waals surface area contributed by atoms with E-state index in [1.54, 1.807) is 11.3 Å². The second kappa shape index (κ2) is 6.28. The van der Waals surface area contributed by atoms with E-state index in [4.69, 9.17) is 22.8 Å². The van der Waals surface area contributed by atoms with Crippen LogP contribution in [-0.4, -0.2) is 11.6 Å². The Bertz CT molecular complexity index is 792. The number of hydrogen-bond donors (Lipinski definition) is 0. The van der Waals surface area contributed by atoms with Crippen molar-refractivity contribution in [2.24, 2.45) is 0 Å². The van der Waals surface area contributed by atoms with Gasteiger partial charge in [-0.25, -0.2) is 4.98 Å². The van der Waals surface area contributed by atoms with Crippen LogP contribution in [0, 0.1) is 12.3 Å². The van der Waals surface area contributed by atoms with Crippen molar-refractivity contribution in [2.45, 2.75) is 6.10 Å². The van der Waals surface area contributed by atoms with Gasteiger partial charge in [0.15, 0.2) is 0 Å². The number of para-hydroxylation sites is 1. The Morgan fingerprint density at radius 3 is 2.90 bits per heavy atom. The van der Waals surface area contributed by atoms with Gasteiger partial charge in [0.25, 0.3) is 0 Å². The first-order chi connectivity index (χ1) is 10.3. The molecule has 0 fully saturated rings. The topological polar surface area (TPSA) is 22.1 Å². The molecule has 1 unspecified atom stereocenters. The van der Waals surface area contributed by atoms with Crippen LogP contribution < -0.4 is 0 Å². The summed E-state index contributed by atoms with van der Waals surface area (Å²) in [6, 6.07) is 13.9. The third-order valence-corrected chi connectivity index (χ3v) is 4.34. The highest BCUT2D eigenvalue weighted by molar-refractivity contribution is 7.10. The molecule has 0 spiro atoms. The molecule has 2 heterocycles. The van der Waals surface area contributed by atoms with Crippen LogP contribution in [0.2, 0.25) is 5.15 Å². The first-order valence-electron chi connectivity index (χ1n) is 6.43. The zero-order valence-corrected chi connectivity index (χ0v) is 12.7. The van der Waals surface area contributed by atoms with E-state index in [1.165, 1.54) is 0 Å². The molecule has 1 atom stereocenters. The molecule has 0 bridgehead atoms. The lowest BCUT2D eigenvalue weighted by atomic mass is 10.1. The highest BCUT2D eigenvalue weighted by Gasteiger charge is 2.20. The number of terminal acetylenes is 1. The highest BCUT2D eigenvalue weighted by atomic mass is 35.5. The second-order valence-corrected chi connectivity index (χ2v) is 5.81. The zero-order chi connectivity index (χ0) is 14.7. The lowest BCUT2D eigenvalue weighted by Gasteiger charge is -2.17. The van der Waals surface area contributed by atoms with Gasteiger partial charge in [0.2, 0.25) is 0 Å². The molecule has 104 valence electrons. The number of fused-ring (bicyclic) bond motifs is 1. The van der Waals surface area contributed by atoms with Crippen molar-refractivity contribution in [3.05, 3.63) is 63.4 Å². The third-order valence-electron chi connectivity index (χ3n) is 3.12. The number of nitrogens with zero attached hydrogens (tertiary/aromatic N) is 1. The van der Waals surface area contributed by atoms with Crippen LogP contribution >= 0.6 is 22.9 Å². The summed E-state index contributed by atoms with van der Waals surface area (Å²) in [5.41, 5.74) is 1.71. The standard InChI is InChI=1S/C17H12ClNOS/c1-2-9-20-16(15-8-5-10-21-15)13-11-12-6-3-4-7-14(12)19-17(13)18/h1,3-8,10-11,16H,9H2. The molecule has 0 saturated carbocycles. The number of benzene rings is 1. The molecule has 4 heteroatoms. The minimum absolute atomic E-state index is 0.228. The van der Waals surface area contributed by atoms with Crippen LogP contribution in [0.3, 0.4) is 0 Å². The Balaban J connectivity index is 2.10. The highest BCUT2D eigenvalue weighted by Crippen LogP contribution is 2.34. The smallest absolute Gasteiger partial charge is 0.135 e. The zero-order valence-electron chi connectivity index (χ0n) is 11.1. The van der Waals surface area contributed by atoms with E-state index < -0.39 is 0 Å². The quantitative estimate of drug-likeness (QED) is 0.515. The van der Waals surface area contributed by atoms with E-state index in [0.29, 0.717) is 5.15 Å². The minimum Gasteiger partial charge on any atom is -0.355 e. The van der Waals surface area contributed by atoms with E-state index in [0.717, 1.165) is 21.3 Å². The maximum absolute atomic E-state index is 6.36. The first-order valence-corrected chi connectivity index (χ1v) is 7.69. The second-order valence-electron chi connectivity index (χ2n) is 4.47. The number of hydrogen-bond acceptors (Lipinski definition) is 3. The molecule has 0 radical (unpaired) electrons. The van der Waals surface area contributed by atoms with Gasteiger partial charge in [-0.05, 0) is 23.6 Å². The summed E-state index contributed by atoms with van der Waals surface area (Å²) in [5, 5.41) is 3.48. The maximum atomic E-state index is 6.36. The molecule has 0 aliphatic carbocycles. The summed E-state index contributed by atoms with van der Waals surface area (Å²) < 4.78 is 5.80. The molecule has 3 aromatic rings. The van der Waals surface area contributed by atoms with E-state index in [1.807, 2.05) is 47.8 Å². The van der Waals surface area contributed by atoms with E-state index >= 15 is 0 Å². The Labute approximate surface area is 132 Å². The summed E-state index contributed by atoms with van der Waals surface area (Å²) in [4.78, 5) is 5.51. The van der Waals surface area contributed by atoms with Gasteiger partial charge >= 0.3 is 0 Å². The van der Waals surface area contributed by atoms with Gasteiger partial charge in [0.1, 0.15) is 17.9 Å². The fourth-order valence-electron chi connectivity index (χ4n) is 2.19. The average Bonchev–Trinajstić information content (AvgIpc) is 3.02. The van der Waals surface area contributed by atoms with Gasteiger partial charge in [0, 0.05) is 15.8 Å². The van der Waals surface area contributed by atoms with Crippen LogP contribution in [0.25, 0.3) is 10.9 Å². The maximum Gasteiger partial charge on any atom is 0.135 e. The first kappa shape index (κ1) is 14.1. The van der Waals surface area contributed by atoms with Gasteiger partial charge in [-0.2, -0.15) is 0 Å². The molecule has 2 aromatic heterocycles. The van der Waals surface area contributed by atoms with Crippen molar-refractivity contribution in [3.8, 4) is 12.3 Å². The molecule has 0 amide bonds. The van der Waals surface area contributed by atoms with Crippen molar-refractivity contribution in [2.75, 3.05) is 6.61 Å². The number of aromatic nitrogens is 1. The van der Waals surface area contributed by atoms with Gasteiger partial charge in [-0.3, -0.25) is 0 Å². The molecule has 0 saturated heterocycles. The summed E-state index contributed by atoms with van der Waals surface area (Å²) in [6.45, 7) is 0.228. The van der Waals surface area contributed by atoms with E-state index in [9.17, 15) is 0 Å². The largest absolute Gasteiger partial charge is 0.355 e. The van der Waals surface area contributed by atoms with E-state index in [-0.39, 0.29) is 12.7 Å². The van der Waals surface area contributed by atoms with Crippen molar-refractivity contribution in [1.29, 1.82) is 0 Å². The van der Waals surface area contributed by atoms with E-state index in [2.05, 4.69) is 10.9 Å². The Morgan fingerprint density at radius 2 is 2.14 bits per heavy atom. The Kier molecular flexibility index (Phi) is 4.21. The van der Waals surface area contributed by atoms with Crippen LogP contribution in [0.5, 0.6) is 0 Å². The molecular formula is C17H12ClNOS. The number of ether oxygens (including phenoxy) is 1. The average molecular weight is 314 g/mol. The summed E-state index contributed by atoms with van der Waals surface area (Å²) >= 11 is 7.97. The Hall–Kier alpha value is -1.86. The van der Waals surface area contributed by atoms with Crippen molar-refractivity contribution in [1.82, 2.24) is 4.98 Å². The monoisotopic (exact) mass is 313 g/mol. The van der Waals surface area contributed by atoms with Crippen molar-refractivity contribution >= 4 is 33.8 Å². The van der Waals surface area contributed by atoms with Crippen molar-refractivity contribution < 1.29 is 4.74 Å². The molecule has 0 N–H and O–H groups in total. The number of rotatable bonds is 4. The molecular weight excluding hydrogens is 302 g/mol. The molecule has 21 heavy (non-hydrogen) atoms. The van der Waals surface area contributed by atoms with Crippen LogP contribution in [-0.2, 0) is 4.74 Å². The van der Waals surface area contributed by atoms with Crippen LogP contribution in [0.4, 0.5) is 0 Å². The number of pyridine rings is 1. The SMILES string of the molecule is C#CCOC(c1cccs1)c1cc2ccccc2nc1Cl. The fraction of sp³-hybridized carbons (Fsp3) is 0.118. The third kappa shape index (κ3) is 2.93. The van der Waals surface area contributed by atoms with Crippen LogP contribution in [0.1, 0.15) is 16.5 Å². The van der Waals surface area contributed by atoms with Crippen LogP contribution in [0.15, 0.2) is 47.8 Å². The van der Waals surface area contributed by atoms with Gasteiger partial charge < -0.3 is 4.74 Å². The number of thiophene rings is 1. The Morgan fingerprint density at radius 1 is 1.29 bits per heavy atom. The molecule has 2 nitrogen and oxygen atoms in total. The van der Waals surface area contributed by atoms with Gasteiger partial charge in [-0.1, -0.05) is 41.8 Å². The normalized spacial score (nSPS) is 12.2. The summed E-state index contributed by atoms with van der Waals surface area (Å²) in [7, 11) is 0. The molecule has 0 aliphatic heterocycles. The predicted octanol–water partition coefficient (Wildman–Crippen LogP) is 4.69. The van der Waals surface area contributed by atoms with Gasteiger partial charge in [0.05, 0.1) is 5.52 Å². The predicted molar refractivity (Wildman–Crippen MR) is 87.7 cm³/mol. The lowest BCUT2D eigenvalue weighted by molar-refractivity contribution is 0.111. The molecule has 1 aromatic carbocycles.